The van der Waals surface area contributed by atoms with E-state index in [9.17, 15) is 4.79 Å². The first kappa shape index (κ1) is 11.9. The normalized spacial score (nSPS) is 13.9. The number of anilines is 1. The lowest BCUT2D eigenvalue weighted by Crippen LogP contribution is -2.24. The minimum atomic E-state index is -0.239. The number of carbonyl (C=O) groups is 1. The second-order valence-electron chi connectivity index (χ2n) is 4.51. The molecule has 0 unspecified atom stereocenters. The van der Waals surface area contributed by atoms with Crippen LogP contribution in [0.15, 0.2) is 22.7 Å². The van der Waals surface area contributed by atoms with E-state index in [-0.39, 0.29) is 11.9 Å². The van der Waals surface area contributed by atoms with Crippen LogP contribution < -0.4 is 10.6 Å². The molecule has 19 heavy (non-hydrogen) atoms. The fourth-order valence-electron chi connectivity index (χ4n) is 2.14. The summed E-state index contributed by atoms with van der Waals surface area (Å²) in [7, 11) is 0. The monoisotopic (exact) mass is 258 g/mol. The van der Waals surface area contributed by atoms with Crippen LogP contribution in [0.3, 0.4) is 0 Å². The molecule has 0 bridgehead atoms. The highest BCUT2D eigenvalue weighted by Gasteiger charge is 2.14. The predicted molar refractivity (Wildman–Crippen MR) is 68.8 cm³/mol. The van der Waals surface area contributed by atoms with Gasteiger partial charge >= 0.3 is 6.01 Å². The Kier molecular flexibility index (Phi) is 3.00. The van der Waals surface area contributed by atoms with Crippen LogP contribution in [0.1, 0.15) is 27.3 Å². The van der Waals surface area contributed by atoms with Gasteiger partial charge in [0.25, 0.3) is 5.91 Å². The van der Waals surface area contributed by atoms with Crippen LogP contribution in [0.5, 0.6) is 0 Å². The van der Waals surface area contributed by atoms with Gasteiger partial charge in [-0.25, -0.2) is 0 Å². The summed E-state index contributed by atoms with van der Waals surface area (Å²) in [6, 6.07) is 5.85. The molecule has 0 aliphatic carbocycles. The molecule has 6 nitrogen and oxygen atoms in total. The molecule has 0 saturated heterocycles. The fraction of sp³-hybridized carbons (Fsp3) is 0.308. The Bertz CT molecular complexity index is 621. The summed E-state index contributed by atoms with van der Waals surface area (Å²) in [6.07, 6.45) is 1.00. The number of carbonyl (C=O) groups excluding carboxylic acids is 1. The van der Waals surface area contributed by atoms with Gasteiger partial charge in [-0.2, -0.15) is 4.98 Å². The van der Waals surface area contributed by atoms with Gasteiger partial charge in [-0.15, -0.1) is 0 Å². The zero-order valence-electron chi connectivity index (χ0n) is 10.6. The van der Waals surface area contributed by atoms with Crippen LogP contribution in [0.2, 0.25) is 0 Å². The third-order valence-corrected chi connectivity index (χ3v) is 3.10. The first-order valence-corrected chi connectivity index (χ1v) is 6.16. The molecule has 1 aliphatic heterocycles. The average molecular weight is 258 g/mol. The highest BCUT2D eigenvalue weighted by atomic mass is 16.5. The molecule has 1 aromatic heterocycles. The molecule has 2 N–H and O–H groups in total. The number of aromatic nitrogens is 2. The summed E-state index contributed by atoms with van der Waals surface area (Å²) in [5.41, 5.74) is 3.06. The quantitative estimate of drug-likeness (QED) is 0.848. The van der Waals surface area contributed by atoms with Crippen molar-refractivity contribution in [1.82, 2.24) is 15.5 Å². The van der Waals surface area contributed by atoms with Crippen LogP contribution in [0.25, 0.3) is 0 Å². The van der Waals surface area contributed by atoms with Crippen molar-refractivity contribution in [3.63, 3.8) is 0 Å². The van der Waals surface area contributed by atoms with E-state index in [1.54, 1.807) is 6.92 Å². The number of hydrogen-bond acceptors (Lipinski definition) is 5. The third-order valence-electron chi connectivity index (χ3n) is 3.10. The number of nitrogens with one attached hydrogen (secondary N) is 2. The Morgan fingerprint density at radius 1 is 1.42 bits per heavy atom. The largest absolute Gasteiger partial charge is 0.328 e. The minimum absolute atomic E-state index is 0.123. The SMILES string of the molecule is Cc1noc(NC(=O)c2ccc3c(c2)CNCC3)n1. The molecule has 0 atom stereocenters. The highest BCUT2D eigenvalue weighted by molar-refractivity contribution is 6.03. The van der Waals surface area contributed by atoms with Gasteiger partial charge in [0.15, 0.2) is 5.82 Å². The Hall–Kier alpha value is -2.21. The van der Waals surface area contributed by atoms with Crippen molar-refractivity contribution in [2.45, 2.75) is 19.9 Å². The van der Waals surface area contributed by atoms with Crippen molar-refractivity contribution in [2.24, 2.45) is 0 Å². The van der Waals surface area contributed by atoms with Crippen LogP contribution in [-0.2, 0) is 13.0 Å². The van der Waals surface area contributed by atoms with E-state index in [1.807, 2.05) is 18.2 Å². The smallest absolute Gasteiger partial charge is 0.315 e. The van der Waals surface area contributed by atoms with Crippen molar-refractivity contribution >= 4 is 11.9 Å². The van der Waals surface area contributed by atoms with Crippen LogP contribution in [0, 0.1) is 6.92 Å². The molecule has 1 amide bonds. The number of amides is 1. The molecule has 0 spiro atoms. The zero-order chi connectivity index (χ0) is 13.2. The van der Waals surface area contributed by atoms with Gasteiger partial charge in [-0.3, -0.25) is 10.1 Å². The first-order valence-electron chi connectivity index (χ1n) is 6.16. The fourth-order valence-corrected chi connectivity index (χ4v) is 2.14. The maximum atomic E-state index is 12.0. The summed E-state index contributed by atoms with van der Waals surface area (Å²) in [5.74, 6) is 0.252. The van der Waals surface area contributed by atoms with Crippen LogP contribution >= 0.6 is 0 Å². The molecule has 3 rings (SSSR count). The molecule has 2 heterocycles. The molecular formula is C13H14N4O2. The third kappa shape index (κ3) is 2.48. The maximum absolute atomic E-state index is 12.0. The molecular weight excluding hydrogens is 244 g/mol. The van der Waals surface area contributed by atoms with E-state index < -0.39 is 0 Å². The molecule has 0 fully saturated rings. The molecule has 6 heteroatoms. The van der Waals surface area contributed by atoms with Crippen LogP contribution in [0.4, 0.5) is 6.01 Å². The van der Waals surface area contributed by atoms with E-state index in [4.69, 9.17) is 4.52 Å². The maximum Gasteiger partial charge on any atom is 0.328 e. The second kappa shape index (κ2) is 4.81. The Morgan fingerprint density at radius 3 is 3.11 bits per heavy atom. The van der Waals surface area contributed by atoms with E-state index >= 15 is 0 Å². The standard InChI is InChI=1S/C13H14N4O2/c1-8-15-13(19-17-8)16-12(18)10-3-2-9-4-5-14-7-11(9)6-10/h2-3,6,14H,4-5,7H2,1H3,(H,15,16,17,18). The molecule has 1 aliphatic rings. The minimum Gasteiger partial charge on any atom is -0.315 e. The number of benzene rings is 1. The van der Waals surface area contributed by atoms with Crippen molar-refractivity contribution in [1.29, 1.82) is 0 Å². The van der Waals surface area contributed by atoms with Crippen molar-refractivity contribution in [3.8, 4) is 0 Å². The lowest BCUT2D eigenvalue weighted by molar-refractivity contribution is 0.102. The van der Waals surface area contributed by atoms with Gasteiger partial charge in [0, 0.05) is 12.1 Å². The van der Waals surface area contributed by atoms with Gasteiger partial charge in [0.2, 0.25) is 0 Å². The summed E-state index contributed by atoms with van der Waals surface area (Å²) >= 11 is 0. The summed E-state index contributed by atoms with van der Waals surface area (Å²) < 4.78 is 4.86. The molecule has 1 aromatic carbocycles. The number of nitrogens with zero attached hydrogens (tertiary/aromatic N) is 2. The highest BCUT2D eigenvalue weighted by Crippen LogP contribution is 2.16. The van der Waals surface area contributed by atoms with E-state index in [0.29, 0.717) is 11.4 Å². The number of rotatable bonds is 2. The van der Waals surface area contributed by atoms with Crippen molar-refractivity contribution < 1.29 is 9.32 Å². The van der Waals surface area contributed by atoms with Gasteiger partial charge in [0.05, 0.1) is 0 Å². The summed E-state index contributed by atoms with van der Waals surface area (Å²) in [5, 5.41) is 9.50. The Balaban J connectivity index is 1.80. The van der Waals surface area contributed by atoms with Crippen molar-refractivity contribution in [3.05, 3.63) is 40.7 Å². The van der Waals surface area contributed by atoms with E-state index in [1.165, 1.54) is 11.1 Å². The number of hydrogen-bond donors (Lipinski definition) is 2. The van der Waals surface area contributed by atoms with E-state index in [2.05, 4.69) is 20.8 Å². The number of aryl methyl sites for hydroxylation is 1. The average Bonchev–Trinajstić information content (AvgIpc) is 2.83. The molecule has 0 radical (unpaired) electrons. The lowest BCUT2D eigenvalue weighted by Gasteiger charge is -2.17. The van der Waals surface area contributed by atoms with Crippen LogP contribution in [-0.4, -0.2) is 22.6 Å². The molecule has 2 aromatic rings. The van der Waals surface area contributed by atoms with Crippen molar-refractivity contribution in [2.75, 3.05) is 11.9 Å². The second-order valence-corrected chi connectivity index (χ2v) is 4.51. The Labute approximate surface area is 110 Å². The summed E-state index contributed by atoms with van der Waals surface area (Å²) in [6.45, 7) is 3.49. The van der Waals surface area contributed by atoms with Gasteiger partial charge in [-0.05, 0) is 43.1 Å². The molecule has 98 valence electrons. The lowest BCUT2D eigenvalue weighted by atomic mass is 9.98. The van der Waals surface area contributed by atoms with Gasteiger partial charge < -0.3 is 9.84 Å². The van der Waals surface area contributed by atoms with Gasteiger partial charge in [0.1, 0.15) is 0 Å². The summed E-state index contributed by atoms with van der Waals surface area (Å²) in [4.78, 5) is 16.0. The number of fused-ring (bicyclic) bond motifs is 1. The predicted octanol–water partition coefficient (Wildman–Crippen LogP) is 1.28. The topological polar surface area (TPSA) is 80.0 Å². The molecule has 0 saturated carbocycles. The Morgan fingerprint density at radius 2 is 2.32 bits per heavy atom. The first-order chi connectivity index (χ1) is 9.22. The van der Waals surface area contributed by atoms with E-state index in [0.717, 1.165) is 19.5 Å². The van der Waals surface area contributed by atoms with Gasteiger partial charge in [-0.1, -0.05) is 11.2 Å². The zero-order valence-corrected chi connectivity index (χ0v) is 10.6.